The van der Waals surface area contributed by atoms with Crippen LogP contribution in [0.4, 0.5) is 0 Å². The van der Waals surface area contributed by atoms with E-state index < -0.39 is 11.9 Å². The Morgan fingerprint density at radius 2 is 1.47 bits per heavy atom. The summed E-state index contributed by atoms with van der Waals surface area (Å²) in [6.07, 6.45) is 0. The number of hydrogen-bond acceptors (Lipinski definition) is 6. The summed E-state index contributed by atoms with van der Waals surface area (Å²) < 4.78 is 19.5. The van der Waals surface area contributed by atoms with E-state index in [0.29, 0.717) is 11.5 Å². The minimum Gasteiger partial charge on any atom is -0.478 e. The van der Waals surface area contributed by atoms with Gasteiger partial charge in [0.05, 0.1) is 14.2 Å². The summed E-state index contributed by atoms with van der Waals surface area (Å²) in [5, 5.41) is 0. The number of carbonyl (C=O) groups excluding carboxylic acids is 2. The summed E-state index contributed by atoms with van der Waals surface area (Å²) >= 11 is 0. The minimum absolute atomic E-state index is 0.228. The summed E-state index contributed by atoms with van der Waals surface area (Å²) in [6, 6.07) is 5.16. The second kappa shape index (κ2) is 7.25. The molecule has 0 N–H and O–H groups in total. The van der Waals surface area contributed by atoms with Gasteiger partial charge in [-0.25, -0.2) is 9.59 Å². The second-order valence-electron chi connectivity index (χ2n) is 3.68. The average molecular weight is 268 g/mol. The normalized spacial score (nSPS) is 9.63. The monoisotopic (exact) mass is 268 g/mol. The smallest absolute Gasteiger partial charge is 0.343 e. The predicted octanol–water partition coefficient (Wildman–Crippen LogP) is 1.10. The van der Waals surface area contributed by atoms with E-state index in [-0.39, 0.29) is 13.2 Å². The zero-order valence-corrected chi connectivity index (χ0v) is 11.1. The van der Waals surface area contributed by atoms with Gasteiger partial charge < -0.3 is 18.9 Å². The van der Waals surface area contributed by atoms with Crippen molar-refractivity contribution in [3.63, 3.8) is 0 Å². The van der Waals surface area contributed by atoms with Gasteiger partial charge in [0.15, 0.2) is 24.7 Å². The van der Waals surface area contributed by atoms with Crippen LogP contribution in [0.3, 0.4) is 0 Å². The van der Waals surface area contributed by atoms with Crippen molar-refractivity contribution in [3.8, 4) is 11.5 Å². The maximum atomic E-state index is 11.0. The zero-order chi connectivity index (χ0) is 14.3. The average Bonchev–Trinajstić information content (AvgIpc) is 2.43. The van der Waals surface area contributed by atoms with Gasteiger partial charge in [0.25, 0.3) is 0 Å². The van der Waals surface area contributed by atoms with Crippen LogP contribution in [0.5, 0.6) is 11.5 Å². The molecule has 0 bridgehead atoms. The molecule has 6 nitrogen and oxygen atoms in total. The SMILES string of the molecule is COC(=O)COc1ccc(C)cc1OCC(=O)OC. The number of hydrogen-bond donors (Lipinski definition) is 0. The molecule has 19 heavy (non-hydrogen) atoms. The zero-order valence-electron chi connectivity index (χ0n) is 11.1. The summed E-state index contributed by atoms with van der Waals surface area (Å²) in [4.78, 5) is 22.0. The Hall–Kier alpha value is -2.24. The number of rotatable bonds is 6. The first-order valence-electron chi connectivity index (χ1n) is 5.56. The van der Waals surface area contributed by atoms with E-state index in [2.05, 4.69) is 9.47 Å². The molecule has 0 saturated heterocycles. The van der Waals surface area contributed by atoms with Crippen molar-refractivity contribution in [3.05, 3.63) is 23.8 Å². The molecule has 0 aliphatic rings. The molecule has 1 rings (SSSR count). The van der Waals surface area contributed by atoms with Gasteiger partial charge >= 0.3 is 11.9 Å². The highest BCUT2D eigenvalue weighted by Gasteiger charge is 2.10. The molecule has 0 spiro atoms. The van der Waals surface area contributed by atoms with E-state index in [1.165, 1.54) is 14.2 Å². The third-order valence-electron chi connectivity index (χ3n) is 2.25. The van der Waals surface area contributed by atoms with E-state index >= 15 is 0 Å². The molecule has 1 aromatic rings. The molecule has 0 unspecified atom stereocenters. The Labute approximate surface area is 111 Å². The predicted molar refractivity (Wildman–Crippen MR) is 66.2 cm³/mol. The van der Waals surface area contributed by atoms with Crippen LogP contribution >= 0.6 is 0 Å². The van der Waals surface area contributed by atoms with Gasteiger partial charge in [-0.15, -0.1) is 0 Å². The van der Waals surface area contributed by atoms with Crippen LogP contribution in [0.1, 0.15) is 5.56 Å². The van der Waals surface area contributed by atoms with Crippen LogP contribution in [-0.4, -0.2) is 39.4 Å². The van der Waals surface area contributed by atoms with Gasteiger partial charge in [-0.1, -0.05) is 6.07 Å². The van der Waals surface area contributed by atoms with Gasteiger partial charge in [0, 0.05) is 0 Å². The molecule has 0 aromatic heterocycles. The Balaban J connectivity index is 2.73. The molecule has 6 heteroatoms. The topological polar surface area (TPSA) is 71.1 Å². The van der Waals surface area contributed by atoms with Crippen LogP contribution in [0.15, 0.2) is 18.2 Å². The van der Waals surface area contributed by atoms with Crippen LogP contribution in [0.25, 0.3) is 0 Å². The maximum absolute atomic E-state index is 11.0. The largest absolute Gasteiger partial charge is 0.478 e. The van der Waals surface area contributed by atoms with Crippen molar-refractivity contribution in [1.29, 1.82) is 0 Å². The lowest BCUT2D eigenvalue weighted by molar-refractivity contribution is -0.144. The first-order valence-corrected chi connectivity index (χ1v) is 5.56. The molecule has 0 fully saturated rings. The third-order valence-corrected chi connectivity index (χ3v) is 2.25. The standard InChI is InChI=1S/C13H16O6/c1-9-4-5-10(18-7-12(14)16-2)11(6-9)19-8-13(15)17-3/h4-6H,7-8H2,1-3H3. The van der Waals surface area contributed by atoms with Crippen molar-refractivity contribution in [2.75, 3.05) is 27.4 Å². The van der Waals surface area contributed by atoms with E-state index in [0.717, 1.165) is 5.56 Å². The highest BCUT2D eigenvalue weighted by atomic mass is 16.6. The molecular formula is C13H16O6. The van der Waals surface area contributed by atoms with Crippen molar-refractivity contribution in [2.45, 2.75) is 6.92 Å². The van der Waals surface area contributed by atoms with Gasteiger partial charge in [0.1, 0.15) is 0 Å². The first-order chi connectivity index (χ1) is 9.06. The number of carbonyl (C=O) groups is 2. The first kappa shape index (κ1) is 14.8. The molecule has 0 saturated carbocycles. The van der Waals surface area contributed by atoms with E-state index in [4.69, 9.17) is 9.47 Å². The summed E-state index contributed by atoms with van der Waals surface area (Å²) in [5.74, 6) is -0.269. The molecule has 0 amide bonds. The third kappa shape index (κ3) is 4.87. The summed E-state index contributed by atoms with van der Waals surface area (Å²) in [6.45, 7) is 1.41. The molecule has 0 aliphatic heterocycles. The molecule has 1 aromatic carbocycles. The van der Waals surface area contributed by atoms with Crippen molar-refractivity contribution >= 4 is 11.9 Å². The molecule has 0 atom stereocenters. The van der Waals surface area contributed by atoms with E-state index in [9.17, 15) is 9.59 Å². The van der Waals surface area contributed by atoms with Gasteiger partial charge in [-0.2, -0.15) is 0 Å². The Kier molecular flexibility index (Phi) is 5.66. The lowest BCUT2D eigenvalue weighted by Gasteiger charge is -2.12. The van der Waals surface area contributed by atoms with Crippen LogP contribution < -0.4 is 9.47 Å². The van der Waals surface area contributed by atoms with Gasteiger partial charge in [-0.3, -0.25) is 0 Å². The number of benzene rings is 1. The van der Waals surface area contributed by atoms with Gasteiger partial charge in [0.2, 0.25) is 0 Å². The Bertz CT molecular complexity index is 454. The van der Waals surface area contributed by atoms with Crippen LogP contribution in [0, 0.1) is 6.92 Å². The molecule has 0 heterocycles. The van der Waals surface area contributed by atoms with Gasteiger partial charge in [-0.05, 0) is 24.6 Å². The molecule has 104 valence electrons. The van der Waals surface area contributed by atoms with E-state index in [1.807, 2.05) is 6.92 Å². The lowest BCUT2D eigenvalue weighted by Crippen LogP contribution is -2.15. The second-order valence-corrected chi connectivity index (χ2v) is 3.68. The molecular weight excluding hydrogens is 252 g/mol. The Morgan fingerprint density at radius 1 is 0.947 bits per heavy atom. The van der Waals surface area contributed by atoms with Crippen molar-refractivity contribution in [2.24, 2.45) is 0 Å². The highest BCUT2D eigenvalue weighted by Crippen LogP contribution is 2.28. The molecule has 0 radical (unpaired) electrons. The fraction of sp³-hybridized carbons (Fsp3) is 0.385. The minimum atomic E-state index is -0.500. The number of aryl methyl sites for hydroxylation is 1. The Morgan fingerprint density at radius 3 is 2.00 bits per heavy atom. The fourth-order valence-electron chi connectivity index (χ4n) is 1.24. The quantitative estimate of drug-likeness (QED) is 0.719. The lowest BCUT2D eigenvalue weighted by atomic mass is 10.2. The summed E-state index contributed by atoms with van der Waals surface area (Å²) in [7, 11) is 2.55. The number of ether oxygens (including phenoxy) is 4. The van der Waals surface area contributed by atoms with E-state index in [1.54, 1.807) is 18.2 Å². The number of esters is 2. The number of methoxy groups -OCH3 is 2. The van der Waals surface area contributed by atoms with Crippen LogP contribution in [-0.2, 0) is 19.1 Å². The maximum Gasteiger partial charge on any atom is 0.343 e. The van der Waals surface area contributed by atoms with Crippen molar-refractivity contribution in [1.82, 2.24) is 0 Å². The summed E-state index contributed by atoms with van der Waals surface area (Å²) in [5.41, 5.74) is 0.935. The highest BCUT2D eigenvalue weighted by molar-refractivity contribution is 5.71. The van der Waals surface area contributed by atoms with Crippen LogP contribution in [0.2, 0.25) is 0 Å². The fourth-order valence-corrected chi connectivity index (χ4v) is 1.24. The van der Waals surface area contributed by atoms with Crippen molar-refractivity contribution < 1.29 is 28.5 Å². The molecule has 0 aliphatic carbocycles.